The van der Waals surface area contributed by atoms with Crippen LogP contribution in [0, 0.1) is 0 Å². The minimum Gasteiger partial charge on any atom is -0.310 e. The highest BCUT2D eigenvalue weighted by atomic mass is 32.2. The molecule has 3 aliphatic carbocycles. The molecule has 9 aromatic carbocycles. The van der Waals surface area contributed by atoms with Crippen LogP contribution in [0.15, 0.2) is 220 Å². The van der Waals surface area contributed by atoms with E-state index in [9.17, 15) is 0 Å². The van der Waals surface area contributed by atoms with Gasteiger partial charge in [0.25, 0.3) is 0 Å². The molecule has 0 bridgehead atoms. The Balaban J connectivity index is 1.04. The van der Waals surface area contributed by atoms with Gasteiger partial charge in [0.15, 0.2) is 0 Å². The number of rotatable bonds is 4. The molecule has 4 aliphatic rings. The highest BCUT2D eigenvalue weighted by molar-refractivity contribution is 8.05. The lowest BCUT2D eigenvalue weighted by molar-refractivity contribution is 0.660. The molecule has 0 radical (unpaired) electrons. The smallest absolute Gasteiger partial charge is 0.0726 e. The Morgan fingerprint density at radius 3 is 1.57 bits per heavy atom. The quantitative estimate of drug-likeness (QED) is 0.174. The van der Waals surface area contributed by atoms with Crippen molar-refractivity contribution in [1.29, 1.82) is 0 Å². The first-order chi connectivity index (χ1) is 30.0. The predicted octanol–water partition coefficient (Wildman–Crippen LogP) is 16.1. The van der Waals surface area contributed by atoms with Gasteiger partial charge < -0.3 is 4.90 Å². The van der Waals surface area contributed by atoms with Gasteiger partial charge in [0.2, 0.25) is 0 Å². The van der Waals surface area contributed by atoms with Crippen LogP contribution in [0.1, 0.15) is 47.2 Å². The van der Waals surface area contributed by atoms with Crippen LogP contribution in [-0.2, 0) is 10.8 Å². The summed E-state index contributed by atoms with van der Waals surface area (Å²) in [7, 11) is 0. The van der Waals surface area contributed by atoms with E-state index in [-0.39, 0.29) is 5.41 Å². The fraction of sp³-hybridized carbons (Fsp3) is 0.0690. The molecule has 1 nitrogen and oxygen atoms in total. The summed E-state index contributed by atoms with van der Waals surface area (Å²) < 4.78 is 0. The van der Waals surface area contributed by atoms with Crippen LogP contribution in [0.3, 0.4) is 0 Å². The van der Waals surface area contributed by atoms with Crippen molar-refractivity contribution in [2.45, 2.75) is 44.3 Å². The molecule has 0 fully saturated rings. The average Bonchev–Trinajstić information content (AvgIpc) is 3.87. The third kappa shape index (κ3) is 4.88. The SMILES string of the molecule is CC1(C)c2ccccc2-c2ccc(N(c3ccc(-c4ccccc4)cc3)c3ccc4c(c3)C3(c5ccccc5-4)c4ccccc4-c4c3ccc3c4Sc4ccccc4S3)cc21. The molecule has 0 N–H and O–H groups in total. The molecule has 1 unspecified atom stereocenters. The maximum Gasteiger partial charge on any atom is 0.0726 e. The van der Waals surface area contributed by atoms with Crippen LogP contribution in [-0.4, -0.2) is 0 Å². The molecular formula is C58H39NS2. The first kappa shape index (κ1) is 35.3. The van der Waals surface area contributed by atoms with E-state index in [1.54, 1.807) is 0 Å². The van der Waals surface area contributed by atoms with Crippen molar-refractivity contribution in [3.63, 3.8) is 0 Å². The van der Waals surface area contributed by atoms with Gasteiger partial charge in [0.05, 0.1) is 5.41 Å². The number of fused-ring (bicyclic) bond motifs is 16. The molecule has 0 aromatic heterocycles. The molecule has 1 spiro atoms. The second-order valence-electron chi connectivity index (χ2n) is 17.2. The zero-order chi connectivity index (χ0) is 40.5. The van der Waals surface area contributed by atoms with Gasteiger partial charge in [0.1, 0.15) is 0 Å². The molecular weight excluding hydrogens is 775 g/mol. The van der Waals surface area contributed by atoms with E-state index in [2.05, 4.69) is 219 Å². The molecule has 9 aromatic rings. The summed E-state index contributed by atoms with van der Waals surface area (Å²) in [6.45, 7) is 4.75. The first-order valence-corrected chi connectivity index (χ1v) is 22.8. The molecule has 0 amide bonds. The summed E-state index contributed by atoms with van der Waals surface area (Å²) >= 11 is 3.84. The van der Waals surface area contributed by atoms with E-state index >= 15 is 0 Å². The Labute approximate surface area is 365 Å². The lowest BCUT2D eigenvalue weighted by Crippen LogP contribution is -2.26. The van der Waals surface area contributed by atoms with Gasteiger partial charge in [-0.3, -0.25) is 0 Å². The maximum atomic E-state index is 2.52. The minimum atomic E-state index is -0.477. The Bertz CT molecular complexity index is 3290. The fourth-order valence-corrected chi connectivity index (χ4v) is 13.5. The standard InChI is InChI=1S/C58H39NS2/c1-57(2)46-19-9-6-16-41(46)43-30-28-39(34-50(43)57)59(38-26-24-37(25-27-38)36-14-4-3-5-15-36)40-29-31-44-42-17-7-10-20-47(42)58(51(44)35-40)48-21-11-8-18-45(48)55-49(58)32-33-54-56(55)61-53-23-13-12-22-52(53)60-54/h3-35H,1-2H3. The Kier molecular flexibility index (Phi) is 7.51. The number of anilines is 3. The number of nitrogens with zero attached hydrogens (tertiary/aromatic N) is 1. The van der Waals surface area contributed by atoms with E-state index in [4.69, 9.17) is 0 Å². The van der Waals surface area contributed by atoms with Crippen molar-refractivity contribution in [1.82, 2.24) is 0 Å². The summed E-state index contributed by atoms with van der Waals surface area (Å²) in [6.07, 6.45) is 0. The summed E-state index contributed by atoms with van der Waals surface area (Å²) in [5, 5.41) is 0. The van der Waals surface area contributed by atoms with Gasteiger partial charge in [-0.2, -0.15) is 0 Å². The van der Waals surface area contributed by atoms with Crippen molar-refractivity contribution in [3.05, 3.63) is 234 Å². The van der Waals surface area contributed by atoms with Crippen LogP contribution >= 0.6 is 23.5 Å². The monoisotopic (exact) mass is 813 g/mol. The Hall–Kier alpha value is -6.52. The number of hydrogen-bond donors (Lipinski definition) is 0. The summed E-state index contributed by atoms with van der Waals surface area (Å²) in [5.41, 5.74) is 21.4. The molecule has 1 atom stereocenters. The molecule has 13 rings (SSSR count). The van der Waals surface area contributed by atoms with Gasteiger partial charge in [-0.05, 0) is 127 Å². The highest BCUT2D eigenvalue weighted by Crippen LogP contribution is 2.66. The van der Waals surface area contributed by atoms with E-state index < -0.39 is 5.41 Å². The maximum absolute atomic E-state index is 2.52. The van der Waals surface area contributed by atoms with Crippen LogP contribution in [0.5, 0.6) is 0 Å². The molecule has 61 heavy (non-hydrogen) atoms. The predicted molar refractivity (Wildman–Crippen MR) is 255 cm³/mol. The summed E-state index contributed by atoms with van der Waals surface area (Å²) in [4.78, 5) is 7.85. The molecule has 288 valence electrons. The van der Waals surface area contributed by atoms with Crippen molar-refractivity contribution in [2.75, 3.05) is 4.90 Å². The molecule has 1 aliphatic heterocycles. The third-order valence-electron chi connectivity index (χ3n) is 13.8. The van der Waals surface area contributed by atoms with Crippen LogP contribution < -0.4 is 4.90 Å². The summed E-state index contributed by atoms with van der Waals surface area (Å²) in [6, 6.07) is 75.3. The van der Waals surface area contributed by atoms with Crippen molar-refractivity contribution >= 4 is 40.6 Å². The van der Waals surface area contributed by atoms with Crippen LogP contribution in [0.4, 0.5) is 17.1 Å². The topological polar surface area (TPSA) is 3.24 Å². The van der Waals surface area contributed by atoms with E-state index in [1.807, 2.05) is 23.5 Å². The second kappa shape index (κ2) is 13.0. The zero-order valence-corrected chi connectivity index (χ0v) is 35.4. The van der Waals surface area contributed by atoms with Gasteiger partial charge in [-0.15, -0.1) is 0 Å². The molecule has 0 saturated heterocycles. The minimum absolute atomic E-state index is 0.123. The normalized spacial score (nSPS) is 16.4. The first-order valence-electron chi connectivity index (χ1n) is 21.2. The summed E-state index contributed by atoms with van der Waals surface area (Å²) in [5.74, 6) is 0. The lowest BCUT2D eigenvalue weighted by atomic mass is 9.70. The van der Waals surface area contributed by atoms with Crippen molar-refractivity contribution in [2.24, 2.45) is 0 Å². The molecule has 1 heterocycles. The van der Waals surface area contributed by atoms with Crippen molar-refractivity contribution < 1.29 is 0 Å². The van der Waals surface area contributed by atoms with Crippen LogP contribution in [0.2, 0.25) is 0 Å². The largest absolute Gasteiger partial charge is 0.310 e. The third-order valence-corrected chi connectivity index (χ3v) is 16.4. The van der Waals surface area contributed by atoms with E-state index in [0.29, 0.717) is 0 Å². The zero-order valence-electron chi connectivity index (χ0n) is 33.8. The van der Waals surface area contributed by atoms with Crippen LogP contribution in [0.25, 0.3) is 44.5 Å². The van der Waals surface area contributed by atoms with Crippen molar-refractivity contribution in [3.8, 4) is 44.5 Å². The van der Waals surface area contributed by atoms with Gasteiger partial charge in [0, 0.05) is 47.6 Å². The molecule has 0 saturated carbocycles. The average molecular weight is 814 g/mol. The van der Waals surface area contributed by atoms with E-state index in [0.717, 1.165) is 17.1 Å². The lowest BCUT2D eigenvalue weighted by Gasteiger charge is -2.33. The Morgan fingerprint density at radius 2 is 0.852 bits per heavy atom. The van der Waals surface area contributed by atoms with Gasteiger partial charge in [-0.25, -0.2) is 0 Å². The highest BCUT2D eigenvalue weighted by Gasteiger charge is 2.53. The molecule has 3 heteroatoms. The van der Waals surface area contributed by atoms with Gasteiger partial charge >= 0.3 is 0 Å². The Morgan fingerprint density at radius 1 is 0.344 bits per heavy atom. The van der Waals surface area contributed by atoms with E-state index in [1.165, 1.54) is 97.5 Å². The fourth-order valence-electron chi connectivity index (χ4n) is 11.0. The number of benzene rings is 9. The second-order valence-corrected chi connectivity index (χ2v) is 19.3. The van der Waals surface area contributed by atoms with Gasteiger partial charge in [-0.1, -0.05) is 183 Å². The number of hydrogen-bond acceptors (Lipinski definition) is 3.